The number of allylic oxidation sites excluding steroid dienone is 1. The molecule has 0 saturated heterocycles. The van der Waals surface area contributed by atoms with E-state index in [2.05, 4.69) is 6.58 Å². The number of Topliss-reactive ketones (excluding diaryl/α,β-unsaturated/α-hetero) is 1. The van der Waals surface area contributed by atoms with Crippen molar-refractivity contribution in [1.29, 1.82) is 0 Å². The quantitative estimate of drug-likeness (QED) is 0.798. The van der Waals surface area contributed by atoms with Crippen LogP contribution in [0.3, 0.4) is 0 Å². The molecule has 0 aliphatic carbocycles. The van der Waals surface area contributed by atoms with E-state index in [1.54, 1.807) is 6.92 Å². The summed E-state index contributed by atoms with van der Waals surface area (Å²) in [4.78, 5) is 33.5. The third-order valence-corrected chi connectivity index (χ3v) is 2.46. The van der Waals surface area contributed by atoms with Crippen LogP contribution in [0.15, 0.2) is 18.7 Å². The Bertz CT molecular complexity index is 471. The molecule has 1 aromatic rings. The van der Waals surface area contributed by atoms with E-state index in [9.17, 15) is 14.4 Å². The van der Waals surface area contributed by atoms with Crippen LogP contribution in [-0.4, -0.2) is 27.9 Å². The number of rotatable bonds is 4. The minimum atomic E-state index is -1.28. The van der Waals surface area contributed by atoms with Crippen LogP contribution >= 0.6 is 0 Å². The number of carboxylic acid groups (broad SMARTS) is 2. The van der Waals surface area contributed by atoms with E-state index < -0.39 is 17.7 Å². The zero-order valence-electron chi connectivity index (χ0n) is 9.98. The lowest BCUT2D eigenvalue weighted by Gasteiger charge is -2.10. The first kappa shape index (κ1) is 13.6. The Labute approximate surface area is 103 Å². The van der Waals surface area contributed by atoms with Gasteiger partial charge in [-0.2, -0.15) is 0 Å². The number of hydrogen-bond donors (Lipinski definition) is 2. The van der Waals surface area contributed by atoms with Crippen LogP contribution in [0, 0.1) is 0 Å². The number of ketones is 1. The molecule has 0 amide bonds. The highest BCUT2D eigenvalue weighted by Crippen LogP contribution is 2.23. The lowest BCUT2D eigenvalue weighted by molar-refractivity contribution is 0.0678. The van der Waals surface area contributed by atoms with Gasteiger partial charge in [0.2, 0.25) is 0 Å². The number of aromatic carboxylic acids is 2. The minimum absolute atomic E-state index is 0.120. The molecule has 2 N–H and O–H groups in total. The summed E-state index contributed by atoms with van der Waals surface area (Å²) in [6.45, 7) is 6.36. The van der Waals surface area contributed by atoms with Crippen molar-refractivity contribution >= 4 is 23.3 Å². The van der Waals surface area contributed by atoms with Crippen molar-refractivity contribution in [3.8, 4) is 0 Å². The van der Waals surface area contributed by atoms with Crippen LogP contribution in [0.1, 0.15) is 50.5 Å². The molecular formula is C13H12O5. The maximum Gasteiger partial charge on any atom is 0.336 e. The molecule has 1 aromatic carbocycles. The molecule has 0 spiro atoms. The molecule has 0 saturated carbocycles. The van der Waals surface area contributed by atoms with E-state index >= 15 is 0 Å². The van der Waals surface area contributed by atoms with Crippen LogP contribution in [0.25, 0.3) is 5.57 Å². The van der Waals surface area contributed by atoms with Crippen molar-refractivity contribution in [1.82, 2.24) is 0 Å². The highest BCUT2D eigenvalue weighted by Gasteiger charge is 2.20. The standard InChI is InChI=1S/C13H12O5/c1-6(2)8-4-11(13(17)18)9(7(3)14)5-10(8)12(15)16/h4-5H,1H2,2-3H3,(H,15,16)(H,17,18). The average Bonchev–Trinajstić information content (AvgIpc) is 2.26. The smallest absolute Gasteiger partial charge is 0.336 e. The lowest BCUT2D eigenvalue weighted by Crippen LogP contribution is -2.11. The topological polar surface area (TPSA) is 91.7 Å². The van der Waals surface area contributed by atoms with E-state index in [-0.39, 0.29) is 22.3 Å². The van der Waals surface area contributed by atoms with Crippen molar-refractivity contribution in [3.05, 3.63) is 41.0 Å². The van der Waals surface area contributed by atoms with E-state index in [4.69, 9.17) is 10.2 Å². The Balaban J connectivity index is 3.71. The summed E-state index contributed by atoms with van der Waals surface area (Å²) in [5.74, 6) is -3.00. The minimum Gasteiger partial charge on any atom is -0.478 e. The molecule has 0 aliphatic rings. The van der Waals surface area contributed by atoms with Crippen LogP contribution in [0.5, 0.6) is 0 Å². The van der Waals surface area contributed by atoms with Crippen LogP contribution in [0.2, 0.25) is 0 Å². The van der Waals surface area contributed by atoms with Crippen molar-refractivity contribution in [2.75, 3.05) is 0 Å². The maximum absolute atomic E-state index is 11.3. The van der Waals surface area contributed by atoms with Gasteiger partial charge in [-0.25, -0.2) is 9.59 Å². The van der Waals surface area contributed by atoms with Gasteiger partial charge in [0.1, 0.15) is 0 Å². The molecule has 0 aromatic heterocycles. The number of hydrogen-bond acceptors (Lipinski definition) is 3. The molecule has 0 atom stereocenters. The fraction of sp³-hybridized carbons (Fsp3) is 0.154. The molecule has 5 heteroatoms. The van der Waals surface area contributed by atoms with E-state index in [1.807, 2.05) is 0 Å². The zero-order chi connectivity index (χ0) is 14.0. The molecule has 0 unspecified atom stereocenters. The van der Waals surface area contributed by atoms with Gasteiger partial charge < -0.3 is 10.2 Å². The second kappa shape index (κ2) is 4.83. The van der Waals surface area contributed by atoms with Gasteiger partial charge in [-0.15, -0.1) is 0 Å². The van der Waals surface area contributed by atoms with Gasteiger partial charge in [0.05, 0.1) is 11.1 Å². The third kappa shape index (κ3) is 2.45. The van der Waals surface area contributed by atoms with E-state index in [0.717, 1.165) is 6.07 Å². The molecule has 5 nitrogen and oxygen atoms in total. The van der Waals surface area contributed by atoms with Gasteiger partial charge in [-0.3, -0.25) is 4.79 Å². The highest BCUT2D eigenvalue weighted by molar-refractivity contribution is 6.08. The summed E-state index contributed by atoms with van der Waals surface area (Å²) >= 11 is 0. The molecular weight excluding hydrogens is 236 g/mol. The van der Waals surface area contributed by atoms with Crippen molar-refractivity contribution in [2.45, 2.75) is 13.8 Å². The molecule has 0 heterocycles. The van der Waals surface area contributed by atoms with Gasteiger partial charge in [-0.05, 0) is 31.5 Å². The third-order valence-electron chi connectivity index (χ3n) is 2.46. The fourth-order valence-corrected chi connectivity index (χ4v) is 1.60. The van der Waals surface area contributed by atoms with Crippen molar-refractivity contribution in [2.24, 2.45) is 0 Å². The van der Waals surface area contributed by atoms with Crippen LogP contribution < -0.4 is 0 Å². The van der Waals surface area contributed by atoms with E-state index in [0.29, 0.717) is 5.57 Å². The molecule has 0 aliphatic heterocycles. The normalized spacial score (nSPS) is 9.89. The van der Waals surface area contributed by atoms with E-state index in [1.165, 1.54) is 13.0 Å². The zero-order valence-corrected chi connectivity index (χ0v) is 9.98. The largest absolute Gasteiger partial charge is 0.478 e. The predicted molar refractivity (Wildman–Crippen MR) is 65.1 cm³/mol. The summed E-state index contributed by atoms with van der Waals surface area (Å²) < 4.78 is 0. The number of carbonyl (C=O) groups is 3. The SMILES string of the molecule is C=C(C)c1cc(C(=O)O)c(C(C)=O)cc1C(=O)O. The average molecular weight is 248 g/mol. The second-order valence-corrected chi connectivity index (χ2v) is 3.89. The Kier molecular flexibility index (Phi) is 3.66. The lowest BCUT2D eigenvalue weighted by atomic mass is 9.93. The highest BCUT2D eigenvalue weighted by atomic mass is 16.4. The molecule has 0 bridgehead atoms. The number of carboxylic acids is 2. The first-order valence-corrected chi connectivity index (χ1v) is 5.07. The Hall–Kier alpha value is -2.43. The summed E-state index contributed by atoms with van der Waals surface area (Å²) in [7, 11) is 0. The van der Waals surface area contributed by atoms with Gasteiger partial charge in [0.15, 0.2) is 5.78 Å². The summed E-state index contributed by atoms with van der Waals surface area (Å²) in [6, 6.07) is 2.25. The monoisotopic (exact) mass is 248 g/mol. The molecule has 18 heavy (non-hydrogen) atoms. The second-order valence-electron chi connectivity index (χ2n) is 3.89. The fourth-order valence-electron chi connectivity index (χ4n) is 1.60. The first-order valence-electron chi connectivity index (χ1n) is 5.07. The predicted octanol–water partition coefficient (Wildman–Crippen LogP) is 2.32. The Morgan fingerprint density at radius 1 is 0.889 bits per heavy atom. The number of carbonyl (C=O) groups excluding carboxylic acids is 1. The Morgan fingerprint density at radius 3 is 1.61 bits per heavy atom. The molecule has 1 rings (SSSR count). The summed E-state index contributed by atoms with van der Waals surface area (Å²) in [6.07, 6.45) is 0. The molecule has 0 radical (unpaired) electrons. The van der Waals surface area contributed by atoms with Gasteiger partial charge in [-0.1, -0.05) is 12.2 Å². The van der Waals surface area contributed by atoms with Gasteiger partial charge in [0, 0.05) is 5.56 Å². The first-order chi connectivity index (χ1) is 8.25. The van der Waals surface area contributed by atoms with Crippen molar-refractivity contribution < 1.29 is 24.6 Å². The molecule has 94 valence electrons. The van der Waals surface area contributed by atoms with Crippen LogP contribution in [0.4, 0.5) is 0 Å². The van der Waals surface area contributed by atoms with Crippen molar-refractivity contribution in [3.63, 3.8) is 0 Å². The van der Waals surface area contributed by atoms with Gasteiger partial charge >= 0.3 is 11.9 Å². The molecule has 0 fully saturated rings. The van der Waals surface area contributed by atoms with Crippen LogP contribution in [-0.2, 0) is 0 Å². The van der Waals surface area contributed by atoms with Gasteiger partial charge in [0.25, 0.3) is 0 Å². The number of benzene rings is 1. The summed E-state index contributed by atoms with van der Waals surface area (Å²) in [5, 5.41) is 18.1. The maximum atomic E-state index is 11.3. The Morgan fingerprint density at radius 2 is 1.28 bits per heavy atom. The summed E-state index contributed by atoms with van der Waals surface area (Å²) in [5.41, 5.74) is 0.169.